The van der Waals surface area contributed by atoms with Gasteiger partial charge in [-0.25, -0.2) is 9.13 Å². The topological polar surface area (TPSA) is 237 Å². The standard InChI is InChI=1S/C73H142O17P2/c1-8-10-11-12-13-14-15-16-17-18-19-20-27-34-42-49-56-72(77)89-68(60-83-70(75)54-47-40-33-26-22-21-25-32-39-46-53-66(7)9-2)62-87-91(79,80)85-58-67(74)59-86-92(81,82)88-63-69(61-84-71(76)55-48-41-36-29-31-38-45-52-65(5)6)90-73(78)57-50-43-35-28-23-24-30-37-44-51-64(3)4/h64-69,74H,8-63H2,1-7H3,(H,79,80)(H,81,82)/t66?,67-,68-,69-/m1/s1. The molecule has 546 valence electrons. The Morgan fingerprint density at radius 3 is 0.826 bits per heavy atom. The predicted molar refractivity (Wildman–Crippen MR) is 372 cm³/mol. The zero-order chi connectivity index (χ0) is 68.0. The second-order valence-corrected chi connectivity index (χ2v) is 30.4. The normalized spacial score (nSPS) is 14.4. The molecule has 19 heteroatoms. The lowest BCUT2D eigenvalue weighted by Crippen LogP contribution is -2.30. The Bertz CT molecular complexity index is 1800. The minimum Gasteiger partial charge on any atom is -0.462 e. The molecule has 0 saturated heterocycles. The van der Waals surface area contributed by atoms with Crippen LogP contribution in [-0.4, -0.2) is 96.7 Å². The van der Waals surface area contributed by atoms with E-state index < -0.39 is 97.5 Å². The van der Waals surface area contributed by atoms with Crippen molar-refractivity contribution in [3.63, 3.8) is 0 Å². The lowest BCUT2D eigenvalue weighted by Gasteiger charge is -2.21. The molecule has 0 bridgehead atoms. The average Bonchev–Trinajstić information content (AvgIpc) is 3.57. The van der Waals surface area contributed by atoms with Gasteiger partial charge in [0.15, 0.2) is 12.2 Å². The third-order valence-corrected chi connectivity index (χ3v) is 19.1. The number of carbonyl (C=O) groups excluding carboxylic acids is 4. The Morgan fingerprint density at radius 2 is 0.554 bits per heavy atom. The molecule has 0 aliphatic carbocycles. The Balaban J connectivity index is 5.26. The molecular formula is C73H142O17P2. The van der Waals surface area contributed by atoms with Crippen LogP contribution in [0.3, 0.4) is 0 Å². The molecule has 0 amide bonds. The highest BCUT2D eigenvalue weighted by molar-refractivity contribution is 7.47. The summed E-state index contributed by atoms with van der Waals surface area (Å²) in [4.78, 5) is 72.7. The molecule has 0 radical (unpaired) electrons. The number of aliphatic hydroxyl groups excluding tert-OH is 1. The van der Waals surface area contributed by atoms with Crippen LogP contribution in [0.15, 0.2) is 0 Å². The van der Waals surface area contributed by atoms with Gasteiger partial charge >= 0.3 is 39.5 Å². The third kappa shape index (κ3) is 65.4. The van der Waals surface area contributed by atoms with Gasteiger partial charge in [-0.15, -0.1) is 0 Å². The van der Waals surface area contributed by atoms with Gasteiger partial charge in [0.1, 0.15) is 19.3 Å². The van der Waals surface area contributed by atoms with Gasteiger partial charge in [0.05, 0.1) is 26.4 Å². The summed E-state index contributed by atoms with van der Waals surface area (Å²) in [5.74, 6) is 0.128. The summed E-state index contributed by atoms with van der Waals surface area (Å²) >= 11 is 0. The minimum absolute atomic E-state index is 0.104. The van der Waals surface area contributed by atoms with E-state index in [0.29, 0.717) is 31.6 Å². The Hall–Kier alpha value is -1.94. The monoisotopic (exact) mass is 1350 g/mol. The molecule has 0 aliphatic heterocycles. The molecule has 0 fully saturated rings. The number of unbranched alkanes of at least 4 members (excludes halogenated alkanes) is 38. The molecular weight excluding hydrogens is 1210 g/mol. The van der Waals surface area contributed by atoms with Crippen molar-refractivity contribution in [2.24, 2.45) is 17.8 Å². The van der Waals surface area contributed by atoms with Crippen LogP contribution in [0.2, 0.25) is 0 Å². The summed E-state index contributed by atoms with van der Waals surface area (Å²) in [6, 6.07) is 0. The van der Waals surface area contributed by atoms with Crippen molar-refractivity contribution in [3.8, 4) is 0 Å². The second-order valence-electron chi connectivity index (χ2n) is 27.5. The summed E-state index contributed by atoms with van der Waals surface area (Å²) in [5, 5.41) is 10.6. The smallest absolute Gasteiger partial charge is 0.462 e. The fourth-order valence-corrected chi connectivity index (χ4v) is 12.6. The number of carbonyl (C=O) groups is 4. The van der Waals surface area contributed by atoms with Crippen molar-refractivity contribution in [1.82, 2.24) is 0 Å². The summed E-state index contributed by atoms with van der Waals surface area (Å²) in [7, 11) is -9.91. The number of rotatable bonds is 71. The van der Waals surface area contributed by atoms with E-state index in [4.69, 9.17) is 37.0 Å². The quantitative estimate of drug-likeness (QED) is 0.0222. The molecule has 0 aromatic heterocycles. The Labute approximate surface area is 562 Å². The molecule has 0 spiro atoms. The van der Waals surface area contributed by atoms with Crippen LogP contribution < -0.4 is 0 Å². The van der Waals surface area contributed by atoms with Crippen LogP contribution in [0.1, 0.15) is 370 Å². The van der Waals surface area contributed by atoms with Crippen LogP contribution in [0.25, 0.3) is 0 Å². The van der Waals surface area contributed by atoms with Crippen molar-refractivity contribution < 1.29 is 80.2 Å². The van der Waals surface area contributed by atoms with Crippen molar-refractivity contribution in [1.29, 1.82) is 0 Å². The van der Waals surface area contributed by atoms with Gasteiger partial charge in [0.25, 0.3) is 0 Å². The van der Waals surface area contributed by atoms with Crippen molar-refractivity contribution in [3.05, 3.63) is 0 Å². The summed E-state index contributed by atoms with van der Waals surface area (Å²) in [6.07, 6.45) is 48.5. The number of esters is 4. The van der Waals surface area contributed by atoms with Crippen molar-refractivity contribution in [2.75, 3.05) is 39.6 Å². The second kappa shape index (κ2) is 63.8. The van der Waals surface area contributed by atoms with E-state index >= 15 is 0 Å². The van der Waals surface area contributed by atoms with Gasteiger partial charge < -0.3 is 33.8 Å². The van der Waals surface area contributed by atoms with Crippen molar-refractivity contribution in [2.45, 2.75) is 388 Å². The predicted octanol–water partition coefficient (Wildman–Crippen LogP) is 21.0. The fraction of sp³-hybridized carbons (Fsp3) is 0.945. The van der Waals surface area contributed by atoms with E-state index in [9.17, 15) is 43.2 Å². The summed E-state index contributed by atoms with van der Waals surface area (Å²) in [6.45, 7) is 11.8. The van der Waals surface area contributed by atoms with E-state index in [1.54, 1.807) is 0 Å². The van der Waals surface area contributed by atoms with E-state index in [-0.39, 0.29) is 25.7 Å². The fourth-order valence-electron chi connectivity index (χ4n) is 11.0. The largest absolute Gasteiger partial charge is 0.472 e. The molecule has 17 nitrogen and oxygen atoms in total. The van der Waals surface area contributed by atoms with Gasteiger partial charge in [0, 0.05) is 25.7 Å². The van der Waals surface area contributed by atoms with Crippen LogP contribution in [0.4, 0.5) is 0 Å². The molecule has 3 unspecified atom stereocenters. The average molecular weight is 1350 g/mol. The number of phosphoric acid groups is 2. The molecule has 0 heterocycles. The summed E-state index contributed by atoms with van der Waals surface area (Å²) in [5.41, 5.74) is 0. The first kappa shape index (κ1) is 90.1. The molecule has 0 aliphatic rings. The van der Waals surface area contributed by atoms with Crippen LogP contribution >= 0.6 is 15.6 Å². The van der Waals surface area contributed by atoms with E-state index in [0.717, 1.165) is 108 Å². The van der Waals surface area contributed by atoms with Crippen LogP contribution in [0, 0.1) is 17.8 Å². The van der Waals surface area contributed by atoms with Gasteiger partial charge in [-0.3, -0.25) is 37.3 Å². The molecule has 92 heavy (non-hydrogen) atoms. The lowest BCUT2D eigenvalue weighted by molar-refractivity contribution is -0.161. The highest BCUT2D eigenvalue weighted by atomic mass is 31.2. The highest BCUT2D eigenvalue weighted by Gasteiger charge is 2.30. The number of aliphatic hydroxyl groups is 1. The zero-order valence-electron chi connectivity index (χ0n) is 60.0. The maximum absolute atomic E-state index is 13.1. The van der Waals surface area contributed by atoms with Gasteiger partial charge in [-0.1, -0.05) is 318 Å². The first-order chi connectivity index (χ1) is 44.3. The third-order valence-electron chi connectivity index (χ3n) is 17.2. The van der Waals surface area contributed by atoms with Gasteiger partial charge in [-0.2, -0.15) is 0 Å². The number of hydrogen-bond donors (Lipinski definition) is 3. The van der Waals surface area contributed by atoms with Crippen LogP contribution in [-0.2, 0) is 65.4 Å². The number of phosphoric ester groups is 2. The van der Waals surface area contributed by atoms with E-state index in [2.05, 4.69) is 48.5 Å². The lowest BCUT2D eigenvalue weighted by atomic mass is 9.99. The number of ether oxygens (including phenoxy) is 4. The van der Waals surface area contributed by atoms with Crippen molar-refractivity contribution >= 4 is 39.5 Å². The minimum atomic E-state index is -4.96. The highest BCUT2D eigenvalue weighted by Crippen LogP contribution is 2.45. The molecule has 0 aromatic carbocycles. The molecule has 0 rings (SSSR count). The number of hydrogen-bond acceptors (Lipinski definition) is 15. The Morgan fingerprint density at radius 1 is 0.315 bits per heavy atom. The first-order valence-electron chi connectivity index (χ1n) is 37.9. The zero-order valence-corrected chi connectivity index (χ0v) is 61.8. The van der Waals surface area contributed by atoms with Gasteiger partial charge in [0.2, 0.25) is 0 Å². The first-order valence-corrected chi connectivity index (χ1v) is 40.9. The maximum Gasteiger partial charge on any atom is 0.472 e. The molecule has 0 aromatic rings. The summed E-state index contributed by atoms with van der Waals surface area (Å²) < 4.78 is 68.4. The van der Waals surface area contributed by atoms with Crippen LogP contribution in [0.5, 0.6) is 0 Å². The molecule has 3 N–H and O–H groups in total. The van der Waals surface area contributed by atoms with E-state index in [1.165, 1.54) is 173 Å². The Kier molecular flexibility index (Phi) is 62.4. The SMILES string of the molecule is CCCCCCCCCCCCCCCCCCC(=O)O[C@H](COC(=O)CCCCCCCCCCCCC(C)CC)COP(=O)(O)OC[C@@H](O)COP(=O)(O)OC[C@@H](COC(=O)CCCCCCCCCC(C)C)OC(=O)CCCCCCCCCCCC(C)C. The molecule has 0 saturated carbocycles. The molecule has 6 atom stereocenters. The van der Waals surface area contributed by atoms with E-state index in [1.807, 2.05) is 0 Å². The van der Waals surface area contributed by atoms with Gasteiger partial charge in [-0.05, 0) is 43.4 Å². The maximum atomic E-state index is 13.1.